The number of hydrogen-bond acceptors (Lipinski definition) is 3. The molecule has 0 bridgehead atoms. The van der Waals surface area contributed by atoms with Gasteiger partial charge in [0.1, 0.15) is 0 Å². The van der Waals surface area contributed by atoms with Crippen LogP contribution in [-0.4, -0.2) is 19.5 Å². The summed E-state index contributed by atoms with van der Waals surface area (Å²) in [5, 5.41) is 7.18. The van der Waals surface area contributed by atoms with Crippen molar-refractivity contribution in [3.8, 4) is 62.1 Å². The maximum absolute atomic E-state index is 5.38. The molecule has 0 atom stereocenters. The summed E-state index contributed by atoms with van der Waals surface area (Å²) < 4.78 is 2.43. The second-order valence-corrected chi connectivity index (χ2v) is 17.1. The van der Waals surface area contributed by atoms with E-state index in [0.29, 0.717) is 17.5 Å². The van der Waals surface area contributed by atoms with Gasteiger partial charge < -0.3 is 4.57 Å². The molecule has 0 amide bonds. The van der Waals surface area contributed by atoms with Gasteiger partial charge in [0.05, 0.1) is 22.1 Å². The number of fused-ring (bicyclic) bond motifs is 15. The van der Waals surface area contributed by atoms with Crippen LogP contribution in [0.25, 0.3) is 105 Å². The normalized spacial score (nSPS) is 13.1. The first-order valence-electron chi connectivity index (χ1n) is 21.9. The highest BCUT2D eigenvalue weighted by molar-refractivity contribution is 6.14. The van der Waals surface area contributed by atoms with Crippen molar-refractivity contribution < 1.29 is 0 Å². The molecule has 12 aromatic rings. The lowest BCUT2D eigenvalue weighted by Crippen LogP contribution is -2.25. The fourth-order valence-corrected chi connectivity index (χ4v) is 11.1. The molecule has 0 saturated heterocycles. The third-order valence-corrected chi connectivity index (χ3v) is 13.8. The molecule has 0 N–H and O–H groups in total. The summed E-state index contributed by atoms with van der Waals surface area (Å²) in [7, 11) is 0. The van der Waals surface area contributed by atoms with Crippen molar-refractivity contribution >= 4 is 43.4 Å². The van der Waals surface area contributed by atoms with Gasteiger partial charge in [0, 0.05) is 32.8 Å². The molecule has 10 aromatic carbocycles. The maximum atomic E-state index is 5.38. The fourth-order valence-electron chi connectivity index (χ4n) is 11.1. The van der Waals surface area contributed by atoms with Gasteiger partial charge in [-0.25, -0.2) is 15.0 Å². The summed E-state index contributed by atoms with van der Waals surface area (Å²) >= 11 is 0. The highest BCUT2D eigenvalue weighted by Gasteiger charge is 2.51. The molecule has 4 heteroatoms. The van der Waals surface area contributed by atoms with Crippen LogP contribution in [0, 0.1) is 0 Å². The van der Waals surface area contributed by atoms with Crippen molar-refractivity contribution in [3.05, 3.63) is 241 Å². The second-order valence-electron chi connectivity index (χ2n) is 17.1. The average molecular weight is 813 g/mol. The number of hydrogen-bond donors (Lipinski definition) is 0. The Morgan fingerprint density at radius 1 is 0.297 bits per heavy atom. The van der Waals surface area contributed by atoms with Gasteiger partial charge >= 0.3 is 0 Å². The van der Waals surface area contributed by atoms with Gasteiger partial charge in [0.2, 0.25) is 0 Å². The lowest BCUT2D eigenvalue weighted by molar-refractivity contribution is 0.794. The first-order chi connectivity index (χ1) is 31.7. The highest BCUT2D eigenvalue weighted by atomic mass is 15.0. The Kier molecular flexibility index (Phi) is 7.29. The minimum Gasteiger partial charge on any atom is -0.309 e. The third-order valence-electron chi connectivity index (χ3n) is 13.8. The third kappa shape index (κ3) is 4.85. The fraction of sp³-hybridized carbons (Fsp3) is 0.0167. The van der Waals surface area contributed by atoms with Crippen LogP contribution in [0.1, 0.15) is 22.3 Å². The number of aromatic nitrogens is 4. The van der Waals surface area contributed by atoms with E-state index in [4.69, 9.17) is 15.0 Å². The average Bonchev–Trinajstić information content (AvgIpc) is 3.96. The van der Waals surface area contributed by atoms with E-state index in [-0.39, 0.29) is 0 Å². The molecule has 64 heavy (non-hydrogen) atoms. The van der Waals surface area contributed by atoms with Crippen molar-refractivity contribution in [3.63, 3.8) is 0 Å². The monoisotopic (exact) mass is 812 g/mol. The SMILES string of the molecule is c1ccc(-c2nc(-c3ccc4c(c3)C3(c5ccccc5-c5ccccc53)c3ccccc3-4)nc(-c3ccc4cccc(-n5c6ccccc6c6cc7ccccc7cc65)c4c3)n2)cc1. The lowest BCUT2D eigenvalue weighted by Gasteiger charge is -2.30. The predicted molar refractivity (Wildman–Crippen MR) is 262 cm³/mol. The zero-order valence-electron chi connectivity index (χ0n) is 34.6. The molecule has 0 fully saturated rings. The van der Waals surface area contributed by atoms with Gasteiger partial charge in [0.25, 0.3) is 0 Å². The summed E-state index contributed by atoms with van der Waals surface area (Å²) in [5.74, 6) is 1.90. The van der Waals surface area contributed by atoms with Crippen LogP contribution in [-0.2, 0) is 5.41 Å². The maximum Gasteiger partial charge on any atom is 0.164 e. The largest absolute Gasteiger partial charge is 0.309 e. The zero-order valence-corrected chi connectivity index (χ0v) is 34.6. The Hall–Kier alpha value is -8.47. The van der Waals surface area contributed by atoms with Gasteiger partial charge in [-0.15, -0.1) is 0 Å². The van der Waals surface area contributed by atoms with Crippen LogP contribution >= 0.6 is 0 Å². The predicted octanol–water partition coefficient (Wildman–Crippen LogP) is 14.6. The van der Waals surface area contributed by atoms with Gasteiger partial charge in [-0.3, -0.25) is 0 Å². The highest BCUT2D eigenvalue weighted by Crippen LogP contribution is 2.63. The lowest BCUT2D eigenvalue weighted by atomic mass is 9.70. The Morgan fingerprint density at radius 3 is 1.53 bits per heavy atom. The van der Waals surface area contributed by atoms with E-state index in [1.54, 1.807) is 0 Å². The zero-order chi connectivity index (χ0) is 41.9. The van der Waals surface area contributed by atoms with Crippen LogP contribution < -0.4 is 0 Å². The molecule has 2 aliphatic rings. The van der Waals surface area contributed by atoms with Crippen LogP contribution in [0.15, 0.2) is 218 Å². The Labute approximate surface area is 369 Å². The molecule has 2 aromatic heterocycles. The van der Waals surface area contributed by atoms with Crippen molar-refractivity contribution in [2.24, 2.45) is 0 Å². The standard InChI is InChI=1S/C60H36N4/c1-2-15-38(16-3-1)57-61-58(41-30-29-37-19-14-28-55(48(37)34-41)64-54-27-13-9-23-47(54)49-33-39-17-4-5-18-40(39)36-56(49)64)63-59(62-57)42-31-32-46-45-22-8-12-26-52(45)60(53(46)35-42)50-24-10-6-20-43(50)44-21-7-11-25-51(44)60/h1-36H. The van der Waals surface area contributed by atoms with Crippen LogP contribution in [0.5, 0.6) is 0 Å². The molecule has 0 aliphatic heterocycles. The Bertz CT molecular complexity index is 3850. The summed E-state index contributed by atoms with van der Waals surface area (Å²) in [6, 6.07) is 79.1. The van der Waals surface area contributed by atoms with Gasteiger partial charge in [0.15, 0.2) is 17.5 Å². The van der Waals surface area contributed by atoms with Crippen LogP contribution in [0.4, 0.5) is 0 Å². The molecule has 2 aliphatic carbocycles. The molecule has 0 unspecified atom stereocenters. The summed E-state index contributed by atoms with van der Waals surface area (Å²) in [6.07, 6.45) is 0. The first kappa shape index (κ1) is 35.2. The quantitative estimate of drug-likeness (QED) is 0.178. The Balaban J connectivity index is 0.986. The molecular formula is C60H36N4. The van der Waals surface area contributed by atoms with E-state index in [1.165, 1.54) is 77.1 Å². The van der Waals surface area contributed by atoms with E-state index in [2.05, 4.69) is 205 Å². The van der Waals surface area contributed by atoms with Crippen LogP contribution in [0.3, 0.4) is 0 Å². The van der Waals surface area contributed by atoms with E-state index >= 15 is 0 Å². The van der Waals surface area contributed by atoms with Crippen molar-refractivity contribution in [2.75, 3.05) is 0 Å². The molecule has 296 valence electrons. The van der Waals surface area contributed by atoms with Crippen molar-refractivity contribution in [2.45, 2.75) is 5.41 Å². The summed E-state index contributed by atoms with van der Waals surface area (Å²) in [6.45, 7) is 0. The van der Waals surface area contributed by atoms with E-state index in [1.807, 2.05) is 18.2 Å². The second kappa shape index (κ2) is 13.3. The van der Waals surface area contributed by atoms with E-state index in [0.717, 1.165) is 33.2 Å². The molecule has 0 radical (unpaired) electrons. The van der Waals surface area contributed by atoms with E-state index in [9.17, 15) is 0 Å². The minimum atomic E-state index is -0.471. The molecule has 1 spiro atoms. The van der Waals surface area contributed by atoms with Crippen LogP contribution in [0.2, 0.25) is 0 Å². The number of benzene rings is 10. The molecule has 0 saturated carbocycles. The number of rotatable bonds is 4. The number of para-hydroxylation sites is 1. The van der Waals surface area contributed by atoms with Crippen molar-refractivity contribution in [1.82, 2.24) is 19.5 Å². The first-order valence-corrected chi connectivity index (χ1v) is 21.9. The molecule has 4 nitrogen and oxygen atoms in total. The van der Waals surface area contributed by atoms with Gasteiger partial charge in [-0.2, -0.15) is 0 Å². The molecule has 2 heterocycles. The minimum absolute atomic E-state index is 0.471. The summed E-state index contributed by atoms with van der Waals surface area (Å²) in [4.78, 5) is 15.9. The van der Waals surface area contributed by atoms with Gasteiger partial charge in [-0.05, 0) is 97.1 Å². The molecule has 14 rings (SSSR count). The summed E-state index contributed by atoms with van der Waals surface area (Å²) in [5.41, 5.74) is 16.1. The van der Waals surface area contributed by atoms with Gasteiger partial charge in [-0.1, -0.05) is 182 Å². The topological polar surface area (TPSA) is 43.6 Å². The van der Waals surface area contributed by atoms with E-state index < -0.39 is 5.41 Å². The smallest absolute Gasteiger partial charge is 0.164 e. The van der Waals surface area contributed by atoms with Crippen molar-refractivity contribution in [1.29, 1.82) is 0 Å². The molecular weight excluding hydrogens is 777 g/mol. The number of nitrogens with zero attached hydrogens (tertiary/aromatic N) is 4. The Morgan fingerprint density at radius 2 is 0.828 bits per heavy atom.